The third-order valence-corrected chi connectivity index (χ3v) is 8.41. The highest BCUT2D eigenvalue weighted by molar-refractivity contribution is 5.77. The number of aliphatic hydroxyl groups is 1. The molecule has 7 rings (SSSR count). The molecule has 5 unspecified atom stereocenters. The van der Waals surface area contributed by atoms with Crippen LogP contribution in [0.15, 0.2) is 24.4 Å². The fourth-order valence-corrected chi connectivity index (χ4v) is 7.59. The topological polar surface area (TPSA) is 122 Å². The molecule has 1 aliphatic heterocycles. The lowest BCUT2D eigenvalue weighted by molar-refractivity contribution is -0.162. The molecule has 2 aromatic rings. The molecule has 5 fully saturated rings. The molecule has 1 aromatic carbocycles. The van der Waals surface area contributed by atoms with Crippen LogP contribution < -0.4 is 5.32 Å². The monoisotopic (exact) mass is 433 g/mol. The van der Waals surface area contributed by atoms with Gasteiger partial charge in [0.05, 0.1) is 46.5 Å². The maximum atomic E-state index is 12.1. The van der Waals surface area contributed by atoms with Gasteiger partial charge in [0.15, 0.2) is 0 Å². The number of aromatic nitrogens is 2. The number of rotatable bonds is 3. The number of nitriles is 1. The van der Waals surface area contributed by atoms with E-state index >= 15 is 0 Å². The van der Waals surface area contributed by atoms with Crippen LogP contribution in [-0.2, 0) is 0 Å². The van der Waals surface area contributed by atoms with Crippen LogP contribution in [0, 0.1) is 35.0 Å². The molecule has 1 saturated heterocycles. The summed E-state index contributed by atoms with van der Waals surface area (Å²) in [5.74, 6) is 2.26. The van der Waals surface area contributed by atoms with Crippen LogP contribution in [0.25, 0.3) is 11.0 Å². The number of benzene rings is 1. The Hall–Kier alpha value is -2.92. The summed E-state index contributed by atoms with van der Waals surface area (Å²) in [5, 5.41) is 33.5. The van der Waals surface area contributed by atoms with Crippen molar-refractivity contribution in [1.29, 1.82) is 5.26 Å². The first-order valence-electron chi connectivity index (χ1n) is 11.6. The predicted molar refractivity (Wildman–Crippen MR) is 117 cm³/mol. The first kappa shape index (κ1) is 19.7. The second-order valence-electron chi connectivity index (χ2n) is 10.3. The van der Waals surface area contributed by atoms with E-state index in [0.29, 0.717) is 46.7 Å². The highest BCUT2D eigenvalue weighted by atomic mass is 16.4. The summed E-state index contributed by atoms with van der Waals surface area (Å²) in [6.45, 7) is 0.508. The van der Waals surface area contributed by atoms with Crippen molar-refractivity contribution in [2.75, 3.05) is 11.9 Å². The van der Waals surface area contributed by atoms with Gasteiger partial charge in [0.1, 0.15) is 5.82 Å². The van der Waals surface area contributed by atoms with Gasteiger partial charge in [-0.05, 0) is 80.4 Å². The van der Waals surface area contributed by atoms with Crippen LogP contribution in [0.2, 0.25) is 0 Å². The molecule has 5 aliphatic rings. The summed E-state index contributed by atoms with van der Waals surface area (Å²) in [7, 11) is 0. The van der Waals surface area contributed by atoms with Crippen molar-refractivity contribution >= 4 is 22.9 Å². The van der Waals surface area contributed by atoms with Gasteiger partial charge < -0.3 is 20.4 Å². The summed E-state index contributed by atoms with van der Waals surface area (Å²) in [6.07, 6.45) is 6.28. The van der Waals surface area contributed by atoms with Gasteiger partial charge in [0.2, 0.25) is 0 Å². The van der Waals surface area contributed by atoms with Gasteiger partial charge in [-0.1, -0.05) is 0 Å². The number of nitrogens with zero attached hydrogens (tertiary/aromatic N) is 4. The van der Waals surface area contributed by atoms with Gasteiger partial charge >= 0.3 is 6.09 Å². The summed E-state index contributed by atoms with van der Waals surface area (Å²) in [6, 6.07) is 7.20. The largest absolute Gasteiger partial charge is 0.465 e. The Labute approximate surface area is 186 Å². The average Bonchev–Trinajstić information content (AvgIpc) is 3.15. The lowest BCUT2D eigenvalue weighted by atomic mass is 9.48. The zero-order valence-electron chi connectivity index (χ0n) is 17.8. The van der Waals surface area contributed by atoms with Crippen LogP contribution >= 0.6 is 0 Å². The van der Waals surface area contributed by atoms with Crippen molar-refractivity contribution in [3.8, 4) is 6.07 Å². The molecule has 8 nitrogen and oxygen atoms in total. The van der Waals surface area contributed by atoms with Crippen LogP contribution in [-0.4, -0.2) is 55.4 Å². The number of carbonyl (C=O) groups is 1. The van der Waals surface area contributed by atoms with Crippen LogP contribution in [0.1, 0.15) is 44.1 Å². The molecule has 7 atom stereocenters. The van der Waals surface area contributed by atoms with E-state index in [2.05, 4.69) is 21.4 Å². The van der Waals surface area contributed by atoms with Gasteiger partial charge in [-0.3, -0.25) is 4.98 Å². The number of nitrogens with one attached hydrogen (secondary N) is 1. The Morgan fingerprint density at radius 2 is 2.00 bits per heavy atom. The predicted octanol–water partition coefficient (Wildman–Crippen LogP) is 3.22. The summed E-state index contributed by atoms with van der Waals surface area (Å²) in [4.78, 5) is 22.9. The van der Waals surface area contributed by atoms with Gasteiger partial charge in [0, 0.05) is 6.54 Å². The number of amides is 1. The minimum Gasteiger partial charge on any atom is -0.465 e. The zero-order valence-corrected chi connectivity index (χ0v) is 17.8. The summed E-state index contributed by atoms with van der Waals surface area (Å²) >= 11 is 0. The lowest BCUT2D eigenvalue weighted by Crippen LogP contribution is -2.61. The first-order valence-corrected chi connectivity index (χ1v) is 11.6. The van der Waals surface area contributed by atoms with Gasteiger partial charge in [-0.2, -0.15) is 5.26 Å². The van der Waals surface area contributed by atoms with E-state index in [1.807, 2.05) is 0 Å². The van der Waals surface area contributed by atoms with Crippen LogP contribution in [0.5, 0.6) is 0 Å². The molecular weight excluding hydrogens is 406 g/mol. The smallest absolute Gasteiger partial charge is 0.407 e. The van der Waals surface area contributed by atoms with E-state index in [9.17, 15) is 15.0 Å². The number of hydrogen-bond donors (Lipinski definition) is 3. The van der Waals surface area contributed by atoms with Crippen molar-refractivity contribution in [3.05, 3.63) is 30.0 Å². The maximum Gasteiger partial charge on any atom is 0.407 e. The molecule has 8 heteroatoms. The molecule has 166 valence electrons. The Kier molecular flexibility index (Phi) is 4.34. The Morgan fingerprint density at radius 1 is 1.22 bits per heavy atom. The molecule has 0 spiro atoms. The summed E-state index contributed by atoms with van der Waals surface area (Å²) in [5.41, 5.74) is 1.38. The number of hydrogen-bond acceptors (Lipinski definition) is 6. The van der Waals surface area contributed by atoms with Crippen molar-refractivity contribution in [1.82, 2.24) is 14.9 Å². The Morgan fingerprint density at radius 3 is 2.69 bits per heavy atom. The van der Waals surface area contributed by atoms with Crippen molar-refractivity contribution in [2.24, 2.45) is 23.7 Å². The maximum absolute atomic E-state index is 12.1. The molecule has 4 bridgehead atoms. The van der Waals surface area contributed by atoms with Crippen molar-refractivity contribution in [2.45, 2.75) is 56.2 Å². The Balaban J connectivity index is 1.30. The van der Waals surface area contributed by atoms with E-state index in [1.54, 1.807) is 29.3 Å². The van der Waals surface area contributed by atoms with E-state index in [4.69, 9.17) is 5.26 Å². The van der Waals surface area contributed by atoms with Gasteiger partial charge in [-0.15, -0.1) is 0 Å². The van der Waals surface area contributed by atoms with E-state index in [0.717, 1.165) is 38.5 Å². The highest BCUT2D eigenvalue weighted by Crippen LogP contribution is 2.60. The molecule has 3 N–H and O–H groups in total. The van der Waals surface area contributed by atoms with E-state index < -0.39 is 11.7 Å². The normalized spacial score (nSPS) is 37.6. The molecule has 1 aromatic heterocycles. The van der Waals surface area contributed by atoms with Crippen molar-refractivity contribution in [3.63, 3.8) is 0 Å². The fraction of sp³-hybridized carbons (Fsp3) is 0.583. The van der Waals surface area contributed by atoms with E-state index in [-0.39, 0.29) is 18.0 Å². The highest BCUT2D eigenvalue weighted by Gasteiger charge is 2.59. The van der Waals surface area contributed by atoms with Crippen LogP contribution in [0.4, 0.5) is 10.6 Å². The fourth-order valence-electron chi connectivity index (χ4n) is 7.59. The number of carboxylic acid groups (broad SMARTS) is 1. The van der Waals surface area contributed by atoms with Crippen LogP contribution in [0.3, 0.4) is 0 Å². The van der Waals surface area contributed by atoms with Gasteiger partial charge in [-0.25, -0.2) is 9.78 Å². The molecule has 4 aliphatic carbocycles. The quantitative estimate of drug-likeness (QED) is 0.679. The molecule has 0 radical (unpaired) electrons. The number of likely N-dealkylation sites (tertiary alicyclic amines) is 1. The lowest BCUT2D eigenvalue weighted by Gasteiger charge is -2.60. The number of fused-ring (bicyclic) bond motifs is 1. The number of anilines is 1. The SMILES string of the molecule is N#Cc1ccc2nc(NC3CCN(C(=O)O)[C@@H]3C3C4CC5C[C@H]3CC(O)(C5)C4)cnc2c1. The zero-order chi connectivity index (χ0) is 22.0. The Bertz CT molecular complexity index is 1110. The summed E-state index contributed by atoms with van der Waals surface area (Å²) < 4.78 is 0. The molecule has 4 saturated carbocycles. The molecular formula is C24H27N5O3. The minimum atomic E-state index is -0.861. The average molecular weight is 434 g/mol. The van der Waals surface area contributed by atoms with Crippen molar-refractivity contribution < 1.29 is 15.0 Å². The van der Waals surface area contributed by atoms with Gasteiger partial charge in [0.25, 0.3) is 0 Å². The molecule has 2 heterocycles. The minimum absolute atomic E-state index is 0.0339. The third kappa shape index (κ3) is 3.10. The third-order valence-electron chi connectivity index (χ3n) is 8.41. The molecule has 1 amide bonds. The standard InChI is InChI=1S/C24H27N5O3/c25-11-13-1-2-17-19(7-13)26-12-20(27-17)28-18-3-4-29(23(30)31)22(18)21-15-5-14-6-16(21)10-24(32,8-14)9-15/h1-2,7,12,14-16,18,21-22,32H,3-6,8-10H2,(H,27,28)(H,30,31)/t14?,15-,16?,18?,21?,22-,24?/m0/s1. The second-order valence-corrected chi connectivity index (χ2v) is 10.3. The second kappa shape index (κ2) is 7.04. The van der Waals surface area contributed by atoms with E-state index in [1.165, 1.54) is 0 Å². The molecule has 32 heavy (non-hydrogen) atoms. The first-order chi connectivity index (χ1) is 15.4.